The number of anilines is 1. The van der Waals surface area contributed by atoms with E-state index in [0.717, 1.165) is 50.0 Å². The lowest BCUT2D eigenvalue weighted by Gasteiger charge is -2.29. The smallest absolute Gasteiger partial charge is 0.224 e. The van der Waals surface area contributed by atoms with Crippen LogP contribution in [0.1, 0.15) is 32.1 Å². The van der Waals surface area contributed by atoms with Crippen LogP contribution in [0.25, 0.3) is 11.3 Å². The molecule has 0 spiro atoms. The molecule has 37 heavy (non-hydrogen) atoms. The van der Waals surface area contributed by atoms with E-state index in [1.807, 2.05) is 30.3 Å². The van der Waals surface area contributed by atoms with Gasteiger partial charge in [-0.3, -0.25) is 14.6 Å². The largest absolute Gasteiger partial charge is 0.486 e. The molecule has 0 unspecified atom stereocenters. The van der Waals surface area contributed by atoms with E-state index in [9.17, 15) is 9.59 Å². The summed E-state index contributed by atoms with van der Waals surface area (Å²) < 4.78 is 17.6. The van der Waals surface area contributed by atoms with Crippen molar-refractivity contribution in [2.24, 2.45) is 11.8 Å². The lowest BCUT2D eigenvalue weighted by molar-refractivity contribution is -0.128. The van der Waals surface area contributed by atoms with Crippen molar-refractivity contribution in [3.05, 3.63) is 36.5 Å². The van der Waals surface area contributed by atoms with Gasteiger partial charge in [-0.2, -0.15) is 0 Å². The summed E-state index contributed by atoms with van der Waals surface area (Å²) in [7, 11) is 2.12. The standard InChI is InChI=1S/C28H36N4O5/c1-32-11-7-19(8-12-32)15-26(33)31-21-5-6-24(29-16-21)23-3-2-4-25-27(23)37-22(18-36-25)17-30-28(34)20-9-13-35-14-10-20/h2-6,16,19-20,22H,7-15,17-18H2,1H3,(H,30,34)(H,31,33)/t22-/m1/s1. The van der Waals surface area contributed by atoms with Crippen LogP contribution in [-0.4, -0.2) is 74.3 Å². The minimum Gasteiger partial charge on any atom is -0.486 e. The molecular weight excluding hydrogens is 472 g/mol. The molecule has 2 saturated heterocycles. The van der Waals surface area contributed by atoms with Gasteiger partial charge in [0.2, 0.25) is 11.8 Å². The van der Waals surface area contributed by atoms with Gasteiger partial charge in [0, 0.05) is 31.1 Å². The van der Waals surface area contributed by atoms with E-state index in [1.54, 1.807) is 6.20 Å². The maximum atomic E-state index is 12.5. The summed E-state index contributed by atoms with van der Waals surface area (Å²) >= 11 is 0. The Labute approximate surface area is 217 Å². The Kier molecular flexibility index (Phi) is 8.21. The fourth-order valence-corrected chi connectivity index (χ4v) is 5.12. The van der Waals surface area contributed by atoms with Crippen LogP contribution in [0.3, 0.4) is 0 Å². The van der Waals surface area contributed by atoms with Crippen molar-refractivity contribution >= 4 is 17.5 Å². The lowest BCUT2D eigenvalue weighted by atomic mass is 9.93. The van der Waals surface area contributed by atoms with Crippen molar-refractivity contribution in [3.63, 3.8) is 0 Å². The predicted octanol–water partition coefficient (Wildman–Crippen LogP) is 3.10. The first-order valence-corrected chi connectivity index (χ1v) is 13.3. The van der Waals surface area contributed by atoms with E-state index in [2.05, 4.69) is 27.6 Å². The Morgan fingerprint density at radius 2 is 1.89 bits per heavy atom. The first kappa shape index (κ1) is 25.5. The predicted molar refractivity (Wildman–Crippen MR) is 140 cm³/mol. The van der Waals surface area contributed by atoms with Crippen LogP contribution in [0.2, 0.25) is 0 Å². The number of carbonyl (C=O) groups excluding carboxylic acids is 2. The maximum Gasteiger partial charge on any atom is 0.224 e. The van der Waals surface area contributed by atoms with E-state index < -0.39 is 0 Å². The first-order chi connectivity index (χ1) is 18.0. The number of amides is 2. The van der Waals surface area contributed by atoms with Crippen LogP contribution in [0.15, 0.2) is 36.5 Å². The number of fused-ring (bicyclic) bond motifs is 1. The number of para-hydroxylation sites is 1. The van der Waals surface area contributed by atoms with Gasteiger partial charge >= 0.3 is 0 Å². The number of piperidine rings is 1. The SMILES string of the molecule is CN1CCC(CC(=O)Nc2ccc(-c3cccc4c3O[C@H](CNC(=O)C3CCOCC3)CO4)nc2)CC1. The number of benzene rings is 1. The number of nitrogens with one attached hydrogen (secondary N) is 2. The van der Waals surface area contributed by atoms with Crippen LogP contribution in [-0.2, 0) is 14.3 Å². The maximum absolute atomic E-state index is 12.5. The first-order valence-electron chi connectivity index (χ1n) is 13.3. The average Bonchev–Trinajstić information content (AvgIpc) is 2.93. The fraction of sp³-hybridized carbons (Fsp3) is 0.536. The second-order valence-electron chi connectivity index (χ2n) is 10.2. The number of pyridine rings is 1. The third-order valence-corrected chi connectivity index (χ3v) is 7.42. The molecule has 1 aromatic carbocycles. The Bertz CT molecular complexity index is 1080. The quantitative estimate of drug-likeness (QED) is 0.593. The second kappa shape index (κ2) is 11.9. The molecule has 3 aliphatic heterocycles. The molecular formula is C28H36N4O5. The number of aromatic nitrogens is 1. The Morgan fingerprint density at radius 1 is 1.08 bits per heavy atom. The molecule has 9 heteroatoms. The van der Waals surface area contributed by atoms with Gasteiger partial charge in [0.15, 0.2) is 11.5 Å². The Balaban J connectivity index is 1.18. The number of ether oxygens (including phenoxy) is 3. The van der Waals surface area contributed by atoms with Crippen LogP contribution in [0, 0.1) is 11.8 Å². The molecule has 5 rings (SSSR count). The van der Waals surface area contributed by atoms with Crippen LogP contribution in [0.4, 0.5) is 5.69 Å². The summed E-state index contributed by atoms with van der Waals surface area (Å²) in [6, 6.07) is 9.45. The molecule has 4 heterocycles. The molecule has 9 nitrogen and oxygen atoms in total. The number of likely N-dealkylation sites (tertiary alicyclic amines) is 1. The number of nitrogens with zero attached hydrogens (tertiary/aromatic N) is 2. The van der Waals surface area contributed by atoms with E-state index in [4.69, 9.17) is 14.2 Å². The van der Waals surface area contributed by atoms with Gasteiger partial charge in [-0.05, 0) is 76.0 Å². The highest BCUT2D eigenvalue weighted by Gasteiger charge is 2.27. The zero-order valence-electron chi connectivity index (χ0n) is 21.4. The van der Waals surface area contributed by atoms with Crippen LogP contribution >= 0.6 is 0 Å². The molecule has 1 atom stereocenters. The summed E-state index contributed by atoms with van der Waals surface area (Å²) in [5.74, 6) is 1.77. The molecule has 2 N–H and O–H groups in total. The van der Waals surface area contributed by atoms with Crippen molar-refractivity contribution in [1.29, 1.82) is 0 Å². The lowest BCUT2D eigenvalue weighted by Crippen LogP contribution is -2.43. The van der Waals surface area contributed by atoms with Gasteiger partial charge in [0.05, 0.1) is 24.1 Å². The summed E-state index contributed by atoms with van der Waals surface area (Å²) in [6.45, 7) is 4.09. The van der Waals surface area contributed by atoms with Gasteiger partial charge in [0.25, 0.3) is 0 Å². The molecule has 0 saturated carbocycles. The molecule has 1 aromatic heterocycles. The summed E-state index contributed by atoms with van der Waals surface area (Å²) in [6.07, 6.45) is 5.54. The number of rotatable bonds is 7. The summed E-state index contributed by atoms with van der Waals surface area (Å²) in [4.78, 5) is 31.9. The van der Waals surface area contributed by atoms with E-state index in [1.165, 1.54) is 0 Å². The van der Waals surface area contributed by atoms with Gasteiger partial charge in [-0.25, -0.2) is 0 Å². The van der Waals surface area contributed by atoms with Crippen molar-refractivity contribution in [1.82, 2.24) is 15.2 Å². The highest BCUT2D eigenvalue weighted by atomic mass is 16.6. The Morgan fingerprint density at radius 3 is 2.65 bits per heavy atom. The molecule has 0 aliphatic carbocycles. The number of hydrogen-bond acceptors (Lipinski definition) is 7. The summed E-state index contributed by atoms with van der Waals surface area (Å²) in [5.41, 5.74) is 2.21. The molecule has 2 amide bonds. The molecule has 0 bridgehead atoms. The van der Waals surface area contributed by atoms with Gasteiger partial charge in [-0.15, -0.1) is 0 Å². The second-order valence-corrected chi connectivity index (χ2v) is 10.2. The van der Waals surface area contributed by atoms with E-state index in [-0.39, 0.29) is 23.8 Å². The number of hydrogen-bond donors (Lipinski definition) is 2. The zero-order chi connectivity index (χ0) is 25.6. The summed E-state index contributed by atoms with van der Waals surface area (Å²) in [5, 5.41) is 6.00. The topological polar surface area (TPSA) is 102 Å². The number of carbonyl (C=O) groups is 2. The molecule has 2 fully saturated rings. The van der Waals surface area contributed by atoms with Crippen molar-refractivity contribution < 1.29 is 23.8 Å². The Hall–Kier alpha value is -3.17. The van der Waals surface area contributed by atoms with Crippen LogP contribution in [0.5, 0.6) is 11.5 Å². The van der Waals surface area contributed by atoms with Crippen molar-refractivity contribution in [2.45, 2.75) is 38.2 Å². The fourth-order valence-electron chi connectivity index (χ4n) is 5.12. The highest BCUT2D eigenvalue weighted by molar-refractivity contribution is 5.91. The zero-order valence-corrected chi connectivity index (χ0v) is 21.4. The molecule has 198 valence electrons. The average molecular weight is 509 g/mol. The van der Waals surface area contributed by atoms with E-state index in [0.29, 0.717) is 55.9 Å². The molecule has 3 aliphatic rings. The van der Waals surface area contributed by atoms with Crippen molar-refractivity contribution in [2.75, 3.05) is 51.8 Å². The van der Waals surface area contributed by atoms with Crippen LogP contribution < -0.4 is 20.1 Å². The minimum atomic E-state index is -0.296. The normalized spacial score (nSPS) is 20.8. The van der Waals surface area contributed by atoms with Gasteiger partial charge in [0.1, 0.15) is 12.7 Å². The highest BCUT2D eigenvalue weighted by Crippen LogP contribution is 2.40. The third kappa shape index (κ3) is 6.59. The van der Waals surface area contributed by atoms with Gasteiger partial charge < -0.3 is 29.7 Å². The third-order valence-electron chi connectivity index (χ3n) is 7.42. The van der Waals surface area contributed by atoms with Gasteiger partial charge in [-0.1, -0.05) is 6.07 Å². The molecule has 0 radical (unpaired) electrons. The monoisotopic (exact) mass is 508 g/mol. The minimum absolute atomic E-state index is 0.00585. The van der Waals surface area contributed by atoms with E-state index >= 15 is 0 Å². The molecule has 2 aromatic rings. The van der Waals surface area contributed by atoms with Crippen molar-refractivity contribution in [3.8, 4) is 22.8 Å².